The molecule has 4 N–H and O–H groups in total. The van der Waals surface area contributed by atoms with Gasteiger partial charge in [-0.05, 0) is 35.1 Å². The van der Waals surface area contributed by atoms with Crippen molar-refractivity contribution in [2.24, 2.45) is 5.14 Å². The standard InChI is InChI=1S/C15H18N2O4S2/c1-9(2)11-6-13(17-8-10-4-3-5-22-10)12(15(18)19)7-14(11)23(16,20)21/h3-7,9,17H,8H2,1-2H3,(H,18,19)(H2,16,20,21). The molecule has 124 valence electrons. The third kappa shape index (κ3) is 4.10. The van der Waals surface area contributed by atoms with Crippen LogP contribution in [-0.2, 0) is 16.6 Å². The summed E-state index contributed by atoms with van der Waals surface area (Å²) in [5.74, 6) is -1.33. The number of anilines is 1. The van der Waals surface area contributed by atoms with E-state index in [2.05, 4.69) is 5.32 Å². The smallest absolute Gasteiger partial charge is 0.337 e. The van der Waals surface area contributed by atoms with E-state index < -0.39 is 16.0 Å². The number of aromatic carboxylic acids is 1. The van der Waals surface area contributed by atoms with Crippen molar-refractivity contribution in [1.82, 2.24) is 0 Å². The van der Waals surface area contributed by atoms with Crippen LogP contribution in [-0.4, -0.2) is 19.5 Å². The van der Waals surface area contributed by atoms with Gasteiger partial charge in [0.2, 0.25) is 10.0 Å². The maximum atomic E-state index is 11.8. The van der Waals surface area contributed by atoms with E-state index in [-0.39, 0.29) is 16.4 Å². The second kappa shape index (κ2) is 6.69. The van der Waals surface area contributed by atoms with Crippen LogP contribution < -0.4 is 10.5 Å². The molecule has 0 atom stereocenters. The van der Waals surface area contributed by atoms with E-state index in [1.54, 1.807) is 17.4 Å². The first-order valence-corrected chi connectivity index (χ1v) is 9.33. The van der Waals surface area contributed by atoms with Crippen LogP contribution in [0, 0.1) is 0 Å². The number of rotatable bonds is 6. The number of nitrogens with two attached hydrogens (primary N) is 1. The molecule has 1 aromatic carbocycles. The first-order chi connectivity index (χ1) is 10.7. The number of benzene rings is 1. The van der Waals surface area contributed by atoms with Crippen molar-refractivity contribution in [3.8, 4) is 0 Å². The highest BCUT2D eigenvalue weighted by Crippen LogP contribution is 2.30. The molecule has 0 radical (unpaired) electrons. The molecule has 8 heteroatoms. The summed E-state index contributed by atoms with van der Waals surface area (Å²) in [6.45, 7) is 4.12. The lowest BCUT2D eigenvalue weighted by atomic mass is 10.00. The largest absolute Gasteiger partial charge is 0.478 e. The number of sulfonamides is 1. The zero-order valence-corrected chi connectivity index (χ0v) is 14.4. The summed E-state index contributed by atoms with van der Waals surface area (Å²) in [6.07, 6.45) is 0. The third-order valence-electron chi connectivity index (χ3n) is 3.34. The van der Waals surface area contributed by atoms with Gasteiger partial charge in [0.25, 0.3) is 0 Å². The zero-order valence-electron chi connectivity index (χ0n) is 12.7. The first-order valence-electron chi connectivity index (χ1n) is 6.90. The predicted molar refractivity (Wildman–Crippen MR) is 90.5 cm³/mol. The van der Waals surface area contributed by atoms with Crippen molar-refractivity contribution in [1.29, 1.82) is 0 Å². The molecule has 0 aliphatic heterocycles. The minimum absolute atomic E-state index is 0.116. The number of carboxylic acids is 1. The maximum Gasteiger partial charge on any atom is 0.337 e. The summed E-state index contributed by atoms with van der Waals surface area (Å²) < 4.78 is 23.5. The molecule has 2 rings (SSSR count). The molecule has 1 aromatic heterocycles. The Balaban J connectivity index is 2.51. The summed E-state index contributed by atoms with van der Waals surface area (Å²) in [6, 6.07) is 6.52. The number of primary sulfonamides is 1. The molecule has 0 fully saturated rings. The Hall–Kier alpha value is -1.90. The fourth-order valence-corrected chi connectivity index (χ4v) is 3.76. The molecule has 6 nitrogen and oxygen atoms in total. The molecule has 0 saturated heterocycles. The number of carboxylic acid groups (broad SMARTS) is 1. The predicted octanol–water partition coefficient (Wildman–Crippen LogP) is 2.83. The molecule has 0 aliphatic rings. The number of hydrogen-bond donors (Lipinski definition) is 3. The molecule has 23 heavy (non-hydrogen) atoms. The quantitative estimate of drug-likeness (QED) is 0.739. The summed E-state index contributed by atoms with van der Waals surface area (Å²) in [7, 11) is -4.00. The van der Waals surface area contributed by atoms with Gasteiger partial charge in [0.05, 0.1) is 10.5 Å². The minimum atomic E-state index is -4.00. The number of nitrogens with one attached hydrogen (secondary N) is 1. The van der Waals surface area contributed by atoms with Crippen LogP contribution in [0.5, 0.6) is 0 Å². The van der Waals surface area contributed by atoms with Gasteiger partial charge in [0.15, 0.2) is 0 Å². The normalized spacial score (nSPS) is 11.7. The zero-order chi connectivity index (χ0) is 17.2. The van der Waals surface area contributed by atoms with Crippen molar-refractivity contribution in [2.75, 3.05) is 5.32 Å². The van der Waals surface area contributed by atoms with Crippen LogP contribution in [0.3, 0.4) is 0 Å². The van der Waals surface area contributed by atoms with Crippen LogP contribution in [0.25, 0.3) is 0 Å². The summed E-state index contributed by atoms with van der Waals surface area (Å²) in [4.78, 5) is 12.4. The van der Waals surface area contributed by atoms with Crippen LogP contribution in [0.15, 0.2) is 34.5 Å². The van der Waals surface area contributed by atoms with Crippen molar-refractivity contribution >= 4 is 33.0 Å². The van der Waals surface area contributed by atoms with Crippen LogP contribution >= 0.6 is 11.3 Å². The molecular weight excluding hydrogens is 336 g/mol. The Morgan fingerprint density at radius 2 is 2.09 bits per heavy atom. The van der Waals surface area contributed by atoms with E-state index in [1.807, 2.05) is 31.4 Å². The van der Waals surface area contributed by atoms with E-state index in [4.69, 9.17) is 5.14 Å². The molecule has 0 unspecified atom stereocenters. The Kier molecular flexibility index (Phi) is 5.08. The van der Waals surface area contributed by atoms with Gasteiger partial charge in [-0.3, -0.25) is 0 Å². The Labute approximate surface area is 139 Å². The molecule has 0 spiro atoms. The van der Waals surface area contributed by atoms with Gasteiger partial charge < -0.3 is 10.4 Å². The monoisotopic (exact) mass is 354 g/mol. The van der Waals surface area contributed by atoms with Gasteiger partial charge in [0, 0.05) is 17.1 Å². The third-order valence-corrected chi connectivity index (χ3v) is 5.19. The van der Waals surface area contributed by atoms with Crippen molar-refractivity contribution < 1.29 is 18.3 Å². The Morgan fingerprint density at radius 3 is 2.57 bits per heavy atom. The second-order valence-corrected chi connectivity index (χ2v) is 7.94. The SMILES string of the molecule is CC(C)c1cc(NCc2cccs2)c(C(=O)O)cc1S(N)(=O)=O. The minimum Gasteiger partial charge on any atom is -0.478 e. The van der Waals surface area contributed by atoms with Crippen molar-refractivity contribution in [3.05, 3.63) is 45.6 Å². The molecule has 1 heterocycles. The van der Waals surface area contributed by atoms with E-state index in [1.165, 1.54) is 0 Å². The van der Waals surface area contributed by atoms with Crippen LogP contribution in [0.1, 0.15) is 40.6 Å². The van der Waals surface area contributed by atoms with Crippen molar-refractivity contribution in [2.45, 2.75) is 31.2 Å². The molecule has 0 saturated carbocycles. The average molecular weight is 354 g/mol. The maximum absolute atomic E-state index is 11.8. The summed E-state index contributed by atoms with van der Waals surface area (Å²) in [5.41, 5.74) is 0.753. The Morgan fingerprint density at radius 1 is 1.39 bits per heavy atom. The van der Waals surface area contributed by atoms with Gasteiger partial charge in [0.1, 0.15) is 0 Å². The molecule has 0 amide bonds. The highest BCUT2D eigenvalue weighted by molar-refractivity contribution is 7.89. The first kappa shape index (κ1) is 17.5. The second-order valence-electron chi connectivity index (χ2n) is 5.37. The molecular formula is C15H18N2O4S2. The van der Waals surface area contributed by atoms with Crippen LogP contribution in [0.2, 0.25) is 0 Å². The number of hydrogen-bond acceptors (Lipinski definition) is 5. The van der Waals surface area contributed by atoms with Crippen molar-refractivity contribution in [3.63, 3.8) is 0 Å². The van der Waals surface area contributed by atoms with E-state index in [0.29, 0.717) is 17.8 Å². The summed E-state index contributed by atoms with van der Waals surface area (Å²) >= 11 is 1.55. The highest BCUT2D eigenvalue weighted by atomic mass is 32.2. The highest BCUT2D eigenvalue weighted by Gasteiger charge is 2.22. The van der Waals surface area contributed by atoms with E-state index in [0.717, 1.165) is 10.9 Å². The molecule has 0 aliphatic carbocycles. The van der Waals surface area contributed by atoms with Gasteiger partial charge in [-0.15, -0.1) is 11.3 Å². The fraction of sp³-hybridized carbons (Fsp3) is 0.267. The van der Waals surface area contributed by atoms with Crippen LogP contribution in [0.4, 0.5) is 5.69 Å². The van der Waals surface area contributed by atoms with Gasteiger partial charge in [-0.1, -0.05) is 19.9 Å². The lowest BCUT2D eigenvalue weighted by Gasteiger charge is -2.16. The molecule has 0 bridgehead atoms. The average Bonchev–Trinajstić information content (AvgIpc) is 2.96. The number of thiophene rings is 1. The van der Waals surface area contributed by atoms with E-state index in [9.17, 15) is 18.3 Å². The Bertz CT molecular complexity index is 812. The lowest BCUT2D eigenvalue weighted by Crippen LogP contribution is -2.17. The van der Waals surface area contributed by atoms with Gasteiger partial charge >= 0.3 is 5.97 Å². The fourth-order valence-electron chi connectivity index (χ4n) is 2.21. The lowest BCUT2D eigenvalue weighted by molar-refractivity contribution is 0.0697. The summed E-state index contributed by atoms with van der Waals surface area (Å²) in [5, 5.41) is 19.6. The van der Waals surface area contributed by atoms with Gasteiger partial charge in [-0.2, -0.15) is 0 Å². The van der Waals surface area contributed by atoms with Gasteiger partial charge in [-0.25, -0.2) is 18.4 Å². The van der Waals surface area contributed by atoms with E-state index >= 15 is 0 Å². The number of carbonyl (C=O) groups is 1. The molecule has 2 aromatic rings. The topological polar surface area (TPSA) is 109 Å².